The fraction of sp³-hybridized carbons (Fsp3) is 0.120. The molecular formula is C25H21ClN2O2. The van der Waals surface area contributed by atoms with Crippen molar-refractivity contribution in [2.24, 2.45) is 0 Å². The number of nitrogens with one attached hydrogen (secondary N) is 1. The summed E-state index contributed by atoms with van der Waals surface area (Å²) in [6, 6.07) is 22.5. The normalized spacial score (nSPS) is 13.9. The Morgan fingerprint density at radius 3 is 2.23 bits per heavy atom. The quantitative estimate of drug-likeness (QED) is 0.570. The minimum absolute atomic E-state index is 0.216. The average molecular weight is 417 g/mol. The van der Waals surface area contributed by atoms with Crippen LogP contribution in [0.15, 0.2) is 78.5 Å². The molecule has 30 heavy (non-hydrogen) atoms. The van der Waals surface area contributed by atoms with Crippen LogP contribution in [-0.4, -0.2) is 16.7 Å². The smallest absolute Gasteiger partial charge is 0.278 e. The molecule has 1 aliphatic heterocycles. The van der Waals surface area contributed by atoms with Crippen LogP contribution >= 0.6 is 11.6 Å². The number of benzene rings is 3. The fourth-order valence-electron chi connectivity index (χ4n) is 3.46. The van der Waals surface area contributed by atoms with E-state index in [-0.39, 0.29) is 24.1 Å². The van der Waals surface area contributed by atoms with Crippen molar-refractivity contribution in [1.82, 2.24) is 4.90 Å². The van der Waals surface area contributed by atoms with Crippen molar-refractivity contribution in [2.75, 3.05) is 5.32 Å². The summed E-state index contributed by atoms with van der Waals surface area (Å²) in [7, 11) is 0. The van der Waals surface area contributed by atoms with E-state index < -0.39 is 0 Å². The van der Waals surface area contributed by atoms with Crippen LogP contribution in [0.3, 0.4) is 0 Å². The Balaban J connectivity index is 1.75. The Morgan fingerprint density at radius 2 is 1.53 bits per heavy atom. The number of anilines is 1. The zero-order chi connectivity index (χ0) is 21.3. The van der Waals surface area contributed by atoms with Crippen molar-refractivity contribution in [2.45, 2.75) is 20.4 Å². The van der Waals surface area contributed by atoms with Gasteiger partial charge in [0.2, 0.25) is 0 Å². The van der Waals surface area contributed by atoms with Crippen LogP contribution in [-0.2, 0) is 16.1 Å². The second kappa shape index (κ2) is 8.17. The lowest BCUT2D eigenvalue weighted by Gasteiger charge is -2.16. The largest absolute Gasteiger partial charge is 0.350 e. The van der Waals surface area contributed by atoms with Crippen LogP contribution in [0.5, 0.6) is 0 Å². The Morgan fingerprint density at radius 1 is 0.833 bits per heavy atom. The van der Waals surface area contributed by atoms with Crippen LogP contribution in [0, 0.1) is 13.8 Å². The highest BCUT2D eigenvalue weighted by Gasteiger charge is 2.39. The third kappa shape index (κ3) is 3.74. The molecule has 4 nitrogen and oxygen atoms in total. The van der Waals surface area contributed by atoms with Crippen molar-refractivity contribution >= 4 is 34.7 Å². The van der Waals surface area contributed by atoms with E-state index in [0.29, 0.717) is 21.8 Å². The first-order valence-electron chi connectivity index (χ1n) is 9.69. The molecule has 0 spiro atoms. The van der Waals surface area contributed by atoms with Crippen molar-refractivity contribution in [3.63, 3.8) is 0 Å². The van der Waals surface area contributed by atoms with Gasteiger partial charge in [-0.25, -0.2) is 0 Å². The molecule has 0 unspecified atom stereocenters. The molecule has 0 saturated carbocycles. The topological polar surface area (TPSA) is 49.4 Å². The molecule has 1 heterocycles. The van der Waals surface area contributed by atoms with E-state index in [2.05, 4.69) is 5.32 Å². The monoisotopic (exact) mass is 416 g/mol. The van der Waals surface area contributed by atoms with E-state index in [1.54, 1.807) is 6.07 Å². The van der Waals surface area contributed by atoms with Crippen molar-refractivity contribution in [3.8, 4) is 0 Å². The summed E-state index contributed by atoms with van der Waals surface area (Å²) in [5.74, 6) is -0.659. The summed E-state index contributed by atoms with van der Waals surface area (Å²) in [5, 5.41) is 3.78. The molecule has 0 aliphatic carbocycles. The number of rotatable bonds is 5. The second-order valence-electron chi connectivity index (χ2n) is 7.34. The lowest BCUT2D eigenvalue weighted by atomic mass is 10.0. The van der Waals surface area contributed by atoms with E-state index in [4.69, 9.17) is 11.6 Å². The van der Waals surface area contributed by atoms with Gasteiger partial charge in [0.05, 0.1) is 12.1 Å². The number of nitrogens with zero attached hydrogens (tertiary/aromatic N) is 1. The number of hydrogen-bond donors (Lipinski definition) is 1. The van der Waals surface area contributed by atoms with Gasteiger partial charge in [-0.2, -0.15) is 0 Å². The van der Waals surface area contributed by atoms with E-state index in [0.717, 1.165) is 16.7 Å². The predicted molar refractivity (Wildman–Crippen MR) is 120 cm³/mol. The highest BCUT2D eigenvalue weighted by atomic mass is 35.5. The van der Waals surface area contributed by atoms with Crippen molar-refractivity contribution in [1.29, 1.82) is 0 Å². The number of halogens is 1. The summed E-state index contributed by atoms with van der Waals surface area (Å²) >= 11 is 6.25. The zero-order valence-corrected chi connectivity index (χ0v) is 17.5. The maximum atomic E-state index is 13.3. The third-order valence-corrected chi connectivity index (χ3v) is 5.63. The summed E-state index contributed by atoms with van der Waals surface area (Å²) in [4.78, 5) is 27.9. The maximum absolute atomic E-state index is 13.3. The van der Waals surface area contributed by atoms with Gasteiger partial charge in [-0.15, -0.1) is 0 Å². The van der Waals surface area contributed by atoms with Gasteiger partial charge in [0.25, 0.3) is 11.8 Å². The number of aryl methyl sites for hydroxylation is 1. The molecule has 1 aliphatic rings. The molecule has 0 aromatic heterocycles. The summed E-state index contributed by atoms with van der Waals surface area (Å²) in [6.45, 7) is 4.09. The Hall–Kier alpha value is -3.37. The van der Waals surface area contributed by atoms with E-state index in [1.807, 2.05) is 80.6 Å². The minimum Gasteiger partial charge on any atom is -0.350 e. The number of carbonyl (C=O) groups is 2. The molecule has 0 radical (unpaired) electrons. The van der Waals surface area contributed by atoms with Crippen LogP contribution in [0.4, 0.5) is 5.69 Å². The van der Waals surface area contributed by atoms with Gasteiger partial charge in [-0.1, -0.05) is 77.8 Å². The average Bonchev–Trinajstić information content (AvgIpc) is 2.98. The summed E-state index contributed by atoms with van der Waals surface area (Å²) < 4.78 is 0. The lowest BCUT2D eigenvalue weighted by Crippen LogP contribution is -2.32. The van der Waals surface area contributed by atoms with E-state index in [9.17, 15) is 9.59 Å². The van der Waals surface area contributed by atoms with Gasteiger partial charge in [0, 0.05) is 10.7 Å². The molecule has 2 amide bonds. The number of imide groups is 1. The maximum Gasteiger partial charge on any atom is 0.278 e. The first-order chi connectivity index (χ1) is 14.5. The van der Waals surface area contributed by atoms with Crippen LogP contribution < -0.4 is 5.32 Å². The number of amides is 2. The molecule has 0 saturated heterocycles. The van der Waals surface area contributed by atoms with Crippen LogP contribution in [0.25, 0.3) is 5.57 Å². The van der Waals surface area contributed by atoms with Gasteiger partial charge < -0.3 is 5.32 Å². The highest BCUT2D eigenvalue weighted by molar-refractivity contribution is 6.36. The molecule has 3 aromatic carbocycles. The fourth-order valence-corrected chi connectivity index (χ4v) is 3.64. The van der Waals surface area contributed by atoms with Crippen molar-refractivity contribution < 1.29 is 9.59 Å². The van der Waals surface area contributed by atoms with Gasteiger partial charge in [0.15, 0.2) is 0 Å². The van der Waals surface area contributed by atoms with Crippen LogP contribution in [0.2, 0.25) is 5.02 Å². The second-order valence-corrected chi connectivity index (χ2v) is 7.74. The predicted octanol–water partition coefficient (Wildman–Crippen LogP) is 5.35. The molecule has 1 N–H and O–H groups in total. The molecule has 150 valence electrons. The first kappa shape index (κ1) is 19.9. The van der Waals surface area contributed by atoms with Crippen molar-refractivity contribution in [3.05, 3.63) is 106 Å². The molecule has 4 rings (SSSR count). The first-order valence-corrected chi connectivity index (χ1v) is 10.1. The standard InChI is InChI=1S/C25H21ClN2O2/c1-16-11-13-18(14-12-16)15-28-24(29)22(19-7-4-3-5-8-19)23(25(28)30)27-21-10-6-9-20(26)17(21)2/h3-14,27H,15H2,1-2H3. The lowest BCUT2D eigenvalue weighted by molar-refractivity contribution is -0.137. The zero-order valence-electron chi connectivity index (χ0n) is 16.8. The van der Waals surface area contributed by atoms with E-state index in [1.165, 1.54) is 4.90 Å². The van der Waals surface area contributed by atoms with Gasteiger partial charge >= 0.3 is 0 Å². The molecule has 3 aromatic rings. The van der Waals surface area contributed by atoms with Crippen LogP contribution in [0.1, 0.15) is 22.3 Å². The summed E-state index contributed by atoms with van der Waals surface area (Å²) in [5.41, 5.74) is 4.87. The molecule has 0 fully saturated rings. The number of carbonyl (C=O) groups excluding carboxylic acids is 2. The van der Waals surface area contributed by atoms with Gasteiger partial charge in [0.1, 0.15) is 5.70 Å². The summed E-state index contributed by atoms with van der Waals surface area (Å²) in [6.07, 6.45) is 0. The highest BCUT2D eigenvalue weighted by Crippen LogP contribution is 2.33. The Bertz CT molecular complexity index is 1150. The Kier molecular flexibility index (Phi) is 5.42. The SMILES string of the molecule is Cc1ccc(CN2C(=O)C(Nc3cccc(Cl)c3C)=C(c3ccccc3)C2=O)cc1. The molecule has 5 heteroatoms. The third-order valence-electron chi connectivity index (χ3n) is 5.22. The van der Waals surface area contributed by atoms with Gasteiger partial charge in [-0.3, -0.25) is 14.5 Å². The van der Waals surface area contributed by atoms with Gasteiger partial charge in [-0.05, 0) is 42.7 Å². The molecule has 0 atom stereocenters. The van der Waals surface area contributed by atoms with E-state index >= 15 is 0 Å². The number of hydrogen-bond acceptors (Lipinski definition) is 3. The Labute approximate surface area is 180 Å². The minimum atomic E-state index is -0.348. The molecule has 0 bridgehead atoms. The molecular weight excluding hydrogens is 396 g/mol.